The second-order valence-corrected chi connectivity index (χ2v) is 24.5. The fourth-order valence-corrected chi connectivity index (χ4v) is 12.7. The highest BCUT2D eigenvalue weighted by molar-refractivity contribution is 7.74. The van der Waals surface area contributed by atoms with Crippen LogP contribution in [-0.4, -0.2) is 89.9 Å². The molecule has 2 aromatic rings. The van der Waals surface area contributed by atoms with E-state index in [0.717, 1.165) is 89.9 Å². The van der Waals surface area contributed by atoms with Crippen LogP contribution in [0.5, 0.6) is 0 Å². The maximum atomic E-state index is 16.1. The molecule has 16 heteroatoms. The molecule has 6 atom stereocenters. The van der Waals surface area contributed by atoms with Crippen LogP contribution in [0.15, 0.2) is 60.7 Å². The van der Waals surface area contributed by atoms with Gasteiger partial charge in [0.05, 0.1) is 19.6 Å². The molecule has 0 unspecified atom stereocenters. The second-order valence-electron chi connectivity index (χ2n) is 22.2. The molecule has 1 heterocycles. The Balaban J connectivity index is 1.96. The Kier molecular flexibility index (Phi) is 37.9. The maximum Gasteiger partial charge on any atom is 0.324 e. The van der Waals surface area contributed by atoms with Crippen molar-refractivity contribution in [1.82, 2.24) is 5.32 Å². The quantitative estimate of drug-likeness (QED) is 0.0324. The van der Waals surface area contributed by atoms with E-state index in [1.54, 1.807) is 60.7 Å². The lowest BCUT2D eigenvalue weighted by atomic mass is 9.95. The summed E-state index contributed by atoms with van der Waals surface area (Å²) < 4.78 is 79.1. The number of rotatable bonds is 49. The van der Waals surface area contributed by atoms with E-state index >= 15 is 13.3 Å². The van der Waals surface area contributed by atoms with E-state index in [1.165, 1.54) is 77.0 Å². The summed E-state index contributed by atoms with van der Waals surface area (Å²) in [7, 11) is -4.23. The van der Waals surface area contributed by atoms with Crippen molar-refractivity contribution in [2.24, 2.45) is 0 Å². The number of alkyl halides is 2. The molecule has 0 aromatic heterocycles. The Hall–Kier alpha value is -3.75. The van der Waals surface area contributed by atoms with Crippen molar-refractivity contribution in [3.8, 4) is 0 Å². The number of carbonyl (C=O) groups is 4. The maximum absolute atomic E-state index is 16.1. The van der Waals surface area contributed by atoms with Gasteiger partial charge in [0.25, 0.3) is 13.3 Å². The van der Waals surface area contributed by atoms with Crippen LogP contribution in [0.4, 0.5) is 8.78 Å². The average molecular weight is 1150 g/mol. The van der Waals surface area contributed by atoms with Crippen LogP contribution < -0.4 is 15.9 Å². The fraction of sp³-hybridized carbons (Fsp3) is 0.750. The summed E-state index contributed by atoms with van der Waals surface area (Å²) >= 11 is 0. The molecule has 13 nitrogen and oxygen atoms in total. The Labute approximate surface area is 480 Å². The van der Waals surface area contributed by atoms with Gasteiger partial charge in [-0.15, -0.1) is 0 Å². The van der Waals surface area contributed by atoms with Crippen LogP contribution in [0.25, 0.3) is 0 Å². The number of unbranched alkanes of at least 4 members (excludes halogenated alkanes) is 27. The summed E-state index contributed by atoms with van der Waals surface area (Å²) in [6.45, 7) is 5.45. The van der Waals surface area contributed by atoms with Gasteiger partial charge in [-0.25, -0.2) is 0 Å². The minimum absolute atomic E-state index is 0.0404. The number of aliphatic hydroxyl groups excluding tert-OH is 1. The van der Waals surface area contributed by atoms with E-state index in [2.05, 4.69) is 26.1 Å². The molecule has 0 bridgehead atoms. The highest BCUT2D eigenvalue weighted by Gasteiger charge is 2.54. The van der Waals surface area contributed by atoms with Crippen molar-refractivity contribution < 1.29 is 66.2 Å². The van der Waals surface area contributed by atoms with E-state index in [0.29, 0.717) is 25.7 Å². The average Bonchev–Trinajstić information content (AvgIpc) is 3.48. The Morgan fingerprint density at radius 3 is 1.51 bits per heavy atom. The molecule has 0 aliphatic carbocycles. The van der Waals surface area contributed by atoms with Gasteiger partial charge in [0.1, 0.15) is 24.4 Å². The number of aliphatic hydroxyl groups is 1. The summed E-state index contributed by atoms with van der Waals surface area (Å²) in [5, 5.41) is 23.3. The lowest BCUT2D eigenvalue weighted by Gasteiger charge is -2.46. The molecule has 0 spiro atoms. The molecule has 3 rings (SSSR count). The molecule has 1 aliphatic rings. The minimum atomic E-state index is -4.23. The molecule has 1 amide bonds. The SMILES string of the molecule is CCCCCCCCCCCCCC(=O)O[C@H](CCCCCCCCCCC)CC(=O)O[C@@H]1[C@@H](NC(=O)C(F)(F)CCCCCCCCCCCC)[C@@H](OCCCC(=O)O)O[C@H](CO)[C@H]1OP(=O)(c1ccccc1)c1ccccc1. The van der Waals surface area contributed by atoms with Crippen molar-refractivity contribution in [3.63, 3.8) is 0 Å². The van der Waals surface area contributed by atoms with Crippen LogP contribution in [0.2, 0.25) is 0 Å². The number of halogens is 2. The van der Waals surface area contributed by atoms with Gasteiger partial charge in [0.15, 0.2) is 12.4 Å². The smallest absolute Gasteiger partial charge is 0.324 e. The Bertz CT molecular complexity index is 1940. The number of hydrogen-bond donors (Lipinski definition) is 3. The van der Waals surface area contributed by atoms with Crippen LogP contribution >= 0.6 is 7.37 Å². The van der Waals surface area contributed by atoms with Crippen LogP contribution in [0.3, 0.4) is 0 Å². The van der Waals surface area contributed by atoms with Crippen molar-refractivity contribution in [3.05, 3.63) is 60.7 Å². The zero-order valence-electron chi connectivity index (χ0n) is 49.3. The van der Waals surface area contributed by atoms with Crippen LogP contribution in [-0.2, 0) is 47.2 Å². The largest absolute Gasteiger partial charge is 0.481 e. The molecule has 0 radical (unpaired) electrons. The first-order chi connectivity index (χ1) is 38.8. The first-order valence-corrected chi connectivity index (χ1v) is 33.0. The lowest BCUT2D eigenvalue weighted by Crippen LogP contribution is -2.67. The third-order valence-corrected chi connectivity index (χ3v) is 17.7. The zero-order valence-corrected chi connectivity index (χ0v) is 50.2. The summed E-state index contributed by atoms with van der Waals surface area (Å²) in [4.78, 5) is 53.7. The molecular formula is C64H104F2NO12P. The molecular weight excluding hydrogens is 1040 g/mol. The number of hydrogen-bond acceptors (Lipinski definition) is 11. The standard InChI is InChI=1S/C64H104F2NO12P/c1-4-7-10-13-16-19-21-23-26-29-38-47-57(71)76-52(41-33-28-25-22-18-15-12-9-6-3)50-58(72)78-61-59(67-63(73)64(65,66)48-39-30-27-24-20-17-14-11-8-5-2)62(75-49-40-46-56(69)70)77-55(51-68)60(61)79-80(74,53-42-34-31-35-43-53)54-44-36-32-37-45-54/h31-32,34-37,42-45,52,55,59-62,68H,4-30,33,38-41,46-51H2,1-3H3,(H,67,73)(H,69,70)/t52-,55-,59-,60-,61-,62+/m1/s1. The van der Waals surface area contributed by atoms with E-state index < -0.39 is 93.3 Å². The summed E-state index contributed by atoms with van der Waals surface area (Å²) in [5.74, 6) is -8.09. The minimum Gasteiger partial charge on any atom is -0.481 e. The number of carboxylic acids is 1. The van der Waals surface area contributed by atoms with E-state index in [4.69, 9.17) is 23.5 Å². The molecule has 80 heavy (non-hydrogen) atoms. The third kappa shape index (κ3) is 29.0. The van der Waals surface area contributed by atoms with Gasteiger partial charge in [0, 0.05) is 29.9 Å². The number of esters is 2. The van der Waals surface area contributed by atoms with Gasteiger partial charge < -0.3 is 39.0 Å². The zero-order chi connectivity index (χ0) is 58.1. The number of carboxylic acid groups (broad SMARTS) is 1. The van der Waals surface area contributed by atoms with Crippen molar-refractivity contribution >= 4 is 41.8 Å². The Morgan fingerprint density at radius 1 is 0.600 bits per heavy atom. The van der Waals surface area contributed by atoms with Gasteiger partial charge in [0.2, 0.25) is 0 Å². The van der Waals surface area contributed by atoms with E-state index in [-0.39, 0.29) is 42.9 Å². The summed E-state index contributed by atoms with van der Waals surface area (Å²) in [5.41, 5.74) is 0. The normalized spacial score (nSPS) is 17.9. The first kappa shape index (κ1) is 70.5. The molecule has 1 saturated heterocycles. The van der Waals surface area contributed by atoms with Crippen LogP contribution in [0.1, 0.15) is 252 Å². The molecule has 1 fully saturated rings. The highest BCUT2D eigenvalue weighted by Crippen LogP contribution is 2.48. The highest BCUT2D eigenvalue weighted by atomic mass is 31.2. The van der Waals surface area contributed by atoms with E-state index in [9.17, 15) is 29.4 Å². The predicted octanol–water partition coefficient (Wildman–Crippen LogP) is 15.2. The molecule has 2 aromatic carbocycles. The third-order valence-electron chi connectivity index (χ3n) is 15.2. The van der Waals surface area contributed by atoms with E-state index in [1.807, 2.05) is 0 Å². The van der Waals surface area contributed by atoms with Crippen molar-refractivity contribution in [2.45, 2.75) is 295 Å². The molecule has 3 N–H and O–H groups in total. The topological polar surface area (TPSA) is 184 Å². The van der Waals surface area contributed by atoms with Gasteiger partial charge in [-0.1, -0.05) is 231 Å². The second kappa shape index (κ2) is 43.0. The van der Waals surface area contributed by atoms with Gasteiger partial charge in [-0.2, -0.15) is 8.78 Å². The first-order valence-electron chi connectivity index (χ1n) is 31.4. The lowest BCUT2D eigenvalue weighted by molar-refractivity contribution is -0.270. The predicted molar refractivity (Wildman–Crippen MR) is 314 cm³/mol. The van der Waals surface area contributed by atoms with Crippen molar-refractivity contribution in [2.75, 3.05) is 13.2 Å². The number of carbonyl (C=O) groups excluding carboxylic acids is 3. The summed E-state index contributed by atoms with van der Waals surface area (Å²) in [6.07, 6.45) is 22.1. The number of aliphatic carboxylic acids is 1. The number of amides is 1. The van der Waals surface area contributed by atoms with Gasteiger partial charge in [-0.3, -0.25) is 23.7 Å². The summed E-state index contributed by atoms with van der Waals surface area (Å²) in [6, 6.07) is 14.7. The van der Waals surface area contributed by atoms with Gasteiger partial charge in [-0.05, 0) is 56.4 Å². The number of benzene rings is 2. The molecule has 456 valence electrons. The molecule has 0 saturated carbocycles. The number of ether oxygens (including phenoxy) is 4. The molecule has 1 aliphatic heterocycles. The van der Waals surface area contributed by atoms with Crippen LogP contribution in [0, 0.1) is 0 Å². The van der Waals surface area contributed by atoms with Gasteiger partial charge >= 0.3 is 23.8 Å². The monoisotopic (exact) mass is 1150 g/mol. The Morgan fingerprint density at radius 2 is 1.05 bits per heavy atom. The number of nitrogens with one attached hydrogen (secondary N) is 1. The van der Waals surface area contributed by atoms with Crippen molar-refractivity contribution in [1.29, 1.82) is 0 Å². The fourth-order valence-electron chi connectivity index (χ4n) is 10.4.